The molecule has 2 amide bonds. The fourth-order valence-electron chi connectivity index (χ4n) is 3.04. The predicted molar refractivity (Wildman–Crippen MR) is 109 cm³/mol. The van der Waals surface area contributed by atoms with Crippen LogP contribution in [0, 0.1) is 18.6 Å². The molecule has 8 heteroatoms. The number of nitrogens with one attached hydrogen (secondary N) is 1. The van der Waals surface area contributed by atoms with E-state index in [1.165, 1.54) is 42.1 Å². The van der Waals surface area contributed by atoms with Gasteiger partial charge in [0.2, 0.25) is 11.8 Å². The highest BCUT2D eigenvalue weighted by Gasteiger charge is 2.46. The Kier molecular flexibility index (Phi) is 5.36. The van der Waals surface area contributed by atoms with E-state index in [0.717, 1.165) is 12.8 Å². The lowest BCUT2D eigenvalue weighted by Crippen LogP contribution is -2.35. The maximum atomic E-state index is 13.8. The quantitative estimate of drug-likeness (QED) is 0.788. The van der Waals surface area contributed by atoms with Gasteiger partial charge in [0.1, 0.15) is 16.9 Å². The summed E-state index contributed by atoms with van der Waals surface area (Å²) in [6.45, 7) is 1.67. The molecule has 0 aromatic heterocycles. The second-order valence-corrected chi connectivity index (χ2v) is 8.30. The molecule has 2 fully saturated rings. The maximum absolute atomic E-state index is 13.8. The van der Waals surface area contributed by atoms with Crippen molar-refractivity contribution >= 4 is 40.1 Å². The van der Waals surface area contributed by atoms with Crippen LogP contribution in [0.25, 0.3) is 0 Å². The number of aryl methyl sites for hydroxylation is 1. The molecule has 1 heterocycles. The number of amides is 2. The number of amidine groups is 1. The van der Waals surface area contributed by atoms with Crippen LogP contribution in [0.1, 0.15) is 24.8 Å². The van der Waals surface area contributed by atoms with E-state index in [2.05, 4.69) is 10.3 Å². The number of aliphatic imine (C=N–C) groups is 1. The fourth-order valence-corrected chi connectivity index (χ4v) is 4.25. The van der Waals surface area contributed by atoms with Crippen LogP contribution in [0.5, 0.6) is 0 Å². The molecular weight excluding hydrogens is 396 g/mol. The molecule has 1 aliphatic carbocycles. The van der Waals surface area contributed by atoms with Gasteiger partial charge in [0, 0.05) is 18.2 Å². The monoisotopic (exact) mass is 415 g/mol. The average Bonchev–Trinajstić information content (AvgIpc) is 3.46. The molecule has 0 bridgehead atoms. The predicted octanol–water partition coefficient (Wildman–Crippen LogP) is 4.40. The van der Waals surface area contributed by atoms with Gasteiger partial charge in [-0.1, -0.05) is 17.8 Å². The Morgan fingerprint density at radius 2 is 1.93 bits per heavy atom. The van der Waals surface area contributed by atoms with Crippen molar-refractivity contribution in [3.05, 3.63) is 59.7 Å². The van der Waals surface area contributed by atoms with Crippen molar-refractivity contribution < 1.29 is 18.4 Å². The van der Waals surface area contributed by atoms with Crippen molar-refractivity contribution in [3.63, 3.8) is 0 Å². The molecule has 1 atom stereocenters. The number of thioether (sulfide) groups is 1. The number of carbonyl (C=O) groups is 2. The molecular formula is C21H19F2N3O2S. The van der Waals surface area contributed by atoms with Gasteiger partial charge in [-0.05, 0) is 61.7 Å². The zero-order chi connectivity index (χ0) is 20.5. The Hall–Kier alpha value is -2.74. The van der Waals surface area contributed by atoms with E-state index >= 15 is 0 Å². The number of nitrogens with zero attached hydrogens (tertiary/aromatic N) is 2. The van der Waals surface area contributed by atoms with E-state index in [1.807, 2.05) is 0 Å². The summed E-state index contributed by atoms with van der Waals surface area (Å²) in [5, 5.41) is 2.58. The molecule has 1 saturated carbocycles. The summed E-state index contributed by atoms with van der Waals surface area (Å²) in [5.74, 6) is -1.23. The number of benzene rings is 2. The summed E-state index contributed by atoms with van der Waals surface area (Å²) in [7, 11) is 0. The second-order valence-electron chi connectivity index (χ2n) is 7.13. The van der Waals surface area contributed by atoms with E-state index in [0.29, 0.717) is 22.1 Å². The molecule has 150 valence electrons. The molecule has 4 rings (SSSR count). The maximum Gasteiger partial charge on any atom is 0.242 e. The van der Waals surface area contributed by atoms with Crippen LogP contribution < -0.4 is 5.32 Å². The van der Waals surface area contributed by atoms with E-state index in [9.17, 15) is 18.4 Å². The van der Waals surface area contributed by atoms with Gasteiger partial charge in [0.05, 0.1) is 5.69 Å². The van der Waals surface area contributed by atoms with E-state index in [1.54, 1.807) is 24.0 Å². The summed E-state index contributed by atoms with van der Waals surface area (Å²) >= 11 is 1.22. The van der Waals surface area contributed by atoms with Crippen molar-refractivity contribution in [2.24, 2.45) is 4.99 Å². The third-order valence-electron chi connectivity index (χ3n) is 4.76. The van der Waals surface area contributed by atoms with Crippen LogP contribution in [-0.4, -0.2) is 33.2 Å². The highest BCUT2D eigenvalue weighted by Crippen LogP contribution is 2.39. The molecule has 0 spiro atoms. The first-order valence-corrected chi connectivity index (χ1v) is 10.2. The van der Waals surface area contributed by atoms with Crippen LogP contribution in [0.15, 0.2) is 47.5 Å². The first kappa shape index (κ1) is 19.6. The molecule has 2 aromatic rings. The lowest BCUT2D eigenvalue weighted by Gasteiger charge is -2.15. The van der Waals surface area contributed by atoms with Gasteiger partial charge in [-0.3, -0.25) is 14.5 Å². The topological polar surface area (TPSA) is 61.8 Å². The molecule has 1 N–H and O–H groups in total. The van der Waals surface area contributed by atoms with Crippen molar-refractivity contribution in [1.29, 1.82) is 0 Å². The standard InChI is InChI=1S/C21H19F2N3O2S/c1-12-2-5-15(10-17(12)23)25-21-26(16-8-9-16)20(28)18(29-21)11-19(27)24-14-6-3-13(22)4-7-14/h2-7,10,16,18H,8-9,11H2,1H3,(H,24,27)/t18-/m1/s1. The molecule has 1 saturated heterocycles. The Balaban J connectivity index is 1.49. The minimum absolute atomic E-state index is 0.0224. The first-order valence-electron chi connectivity index (χ1n) is 9.31. The van der Waals surface area contributed by atoms with E-state index < -0.39 is 11.1 Å². The highest BCUT2D eigenvalue weighted by atomic mass is 32.2. The zero-order valence-electron chi connectivity index (χ0n) is 15.7. The zero-order valence-corrected chi connectivity index (χ0v) is 16.5. The second kappa shape index (κ2) is 7.94. The Labute approximate surface area is 171 Å². The summed E-state index contributed by atoms with van der Waals surface area (Å²) < 4.78 is 26.8. The Morgan fingerprint density at radius 1 is 1.21 bits per heavy atom. The van der Waals surface area contributed by atoms with Crippen molar-refractivity contribution in [2.75, 3.05) is 5.32 Å². The van der Waals surface area contributed by atoms with Gasteiger partial charge in [-0.15, -0.1) is 0 Å². The lowest BCUT2D eigenvalue weighted by molar-refractivity contribution is -0.128. The summed E-state index contributed by atoms with van der Waals surface area (Å²) in [6, 6.07) is 10.2. The van der Waals surface area contributed by atoms with Gasteiger partial charge >= 0.3 is 0 Å². The van der Waals surface area contributed by atoms with Crippen LogP contribution in [-0.2, 0) is 9.59 Å². The minimum Gasteiger partial charge on any atom is -0.326 e. The number of rotatable bonds is 5. The van der Waals surface area contributed by atoms with Gasteiger partial charge in [0.25, 0.3) is 0 Å². The Bertz CT molecular complexity index is 990. The van der Waals surface area contributed by atoms with Crippen LogP contribution >= 0.6 is 11.8 Å². The molecule has 29 heavy (non-hydrogen) atoms. The van der Waals surface area contributed by atoms with Crippen molar-refractivity contribution in [3.8, 4) is 0 Å². The van der Waals surface area contributed by atoms with Crippen LogP contribution in [0.3, 0.4) is 0 Å². The van der Waals surface area contributed by atoms with Crippen LogP contribution in [0.4, 0.5) is 20.2 Å². The third kappa shape index (κ3) is 4.48. The van der Waals surface area contributed by atoms with E-state index in [-0.39, 0.29) is 30.1 Å². The largest absolute Gasteiger partial charge is 0.326 e. The van der Waals surface area contributed by atoms with Crippen molar-refractivity contribution in [1.82, 2.24) is 4.90 Å². The van der Waals surface area contributed by atoms with Gasteiger partial charge in [-0.2, -0.15) is 0 Å². The molecule has 2 aliphatic rings. The summed E-state index contributed by atoms with van der Waals surface area (Å²) in [4.78, 5) is 31.3. The first-order chi connectivity index (χ1) is 13.9. The normalized spacial score (nSPS) is 20.4. The smallest absolute Gasteiger partial charge is 0.242 e. The summed E-state index contributed by atoms with van der Waals surface area (Å²) in [6.07, 6.45) is 1.76. The van der Waals surface area contributed by atoms with Crippen LogP contribution in [0.2, 0.25) is 0 Å². The van der Waals surface area contributed by atoms with E-state index in [4.69, 9.17) is 0 Å². The number of halogens is 2. The molecule has 5 nitrogen and oxygen atoms in total. The number of hydrogen-bond acceptors (Lipinski definition) is 4. The summed E-state index contributed by atoms with van der Waals surface area (Å²) in [5.41, 5.74) is 1.43. The van der Waals surface area contributed by atoms with Gasteiger partial charge in [-0.25, -0.2) is 13.8 Å². The molecule has 0 unspecified atom stereocenters. The lowest BCUT2D eigenvalue weighted by atomic mass is 10.2. The molecule has 2 aromatic carbocycles. The number of anilines is 1. The Morgan fingerprint density at radius 3 is 2.59 bits per heavy atom. The van der Waals surface area contributed by atoms with Crippen molar-refractivity contribution in [2.45, 2.75) is 37.5 Å². The molecule has 0 radical (unpaired) electrons. The number of hydrogen-bond donors (Lipinski definition) is 1. The fraction of sp³-hybridized carbons (Fsp3) is 0.286. The SMILES string of the molecule is Cc1ccc(N=C2S[C@H](CC(=O)Nc3ccc(F)cc3)C(=O)N2C2CC2)cc1F. The van der Waals surface area contributed by atoms with Gasteiger partial charge < -0.3 is 5.32 Å². The third-order valence-corrected chi connectivity index (χ3v) is 5.91. The highest BCUT2D eigenvalue weighted by molar-refractivity contribution is 8.15. The number of carbonyl (C=O) groups excluding carboxylic acids is 2. The molecule has 1 aliphatic heterocycles. The van der Waals surface area contributed by atoms with Gasteiger partial charge in [0.15, 0.2) is 5.17 Å². The average molecular weight is 415 g/mol. The minimum atomic E-state index is -0.593.